The van der Waals surface area contributed by atoms with Crippen LogP contribution in [0.2, 0.25) is 0 Å². The molecule has 1 unspecified atom stereocenters. The molecule has 3 aromatic carbocycles. The Hall–Kier alpha value is -2.87. The molecule has 0 amide bonds. The van der Waals surface area contributed by atoms with Crippen molar-refractivity contribution in [3.63, 3.8) is 0 Å². The van der Waals surface area contributed by atoms with E-state index in [9.17, 15) is 4.79 Å². The van der Waals surface area contributed by atoms with E-state index in [0.29, 0.717) is 0 Å². The Bertz CT molecular complexity index is 820. The molecule has 0 saturated carbocycles. The van der Waals surface area contributed by atoms with Gasteiger partial charge in [0.15, 0.2) is 0 Å². The Morgan fingerprint density at radius 2 is 1.25 bits per heavy atom. The molecule has 3 aromatic rings. The van der Waals surface area contributed by atoms with E-state index in [2.05, 4.69) is 60.7 Å². The van der Waals surface area contributed by atoms with Crippen LogP contribution in [0.4, 0.5) is 0 Å². The van der Waals surface area contributed by atoms with Crippen molar-refractivity contribution in [2.24, 2.45) is 0 Å². The molecule has 1 atom stereocenters. The second kappa shape index (κ2) is 7.14. The molecule has 0 heterocycles. The van der Waals surface area contributed by atoms with Crippen LogP contribution in [-0.2, 0) is 9.53 Å². The lowest BCUT2D eigenvalue weighted by Gasteiger charge is -2.14. The predicted octanol–water partition coefficient (Wildman–Crippen LogP) is 5.64. The summed E-state index contributed by atoms with van der Waals surface area (Å²) < 4.78 is 5.24. The molecular formula is C22H20O2. The quantitative estimate of drug-likeness (QED) is 0.582. The van der Waals surface area contributed by atoms with Crippen LogP contribution in [0.25, 0.3) is 22.3 Å². The first kappa shape index (κ1) is 16.0. The van der Waals surface area contributed by atoms with Crippen molar-refractivity contribution in [1.82, 2.24) is 0 Å². The van der Waals surface area contributed by atoms with Gasteiger partial charge >= 0.3 is 5.97 Å². The highest BCUT2D eigenvalue weighted by molar-refractivity contribution is 5.83. The average Bonchev–Trinajstić information content (AvgIpc) is 2.62. The Labute approximate surface area is 142 Å². The number of rotatable bonds is 4. The summed E-state index contributed by atoms with van der Waals surface area (Å²) in [6, 6.07) is 27.0. The zero-order valence-corrected chi connectivity index (χ0v) is 13.9. The van der Waals surface area contributed by atoms with Crippen molar-refractivity contribution < 1.29 is 9.53 Å². The monoisotopic (exact) mass is 316 g/mol. The predicted molar refractivity (Wildman–Crippen MR) is 97.5 cm³/mol. The van der Waals surface area contributed by atoms with Crippen molar-refractivity contribution >= 4 is 5.97 Å². The van der Waals surface area contributed by atoms with Gasteiger partial charge in [-0.1, -0.05) is 78.9 Å². The van der Waals surface area contributed by atoms with Crippen molar-refractivity contribution in [1.29, 1.82) is 0 Å². The van der Waals surface area contributed by atoms with Gasteiger partial charge in [0.25, 0.3) is 0 Å². The summed E-state index contributed by atoms with van der Waals surface area (Å²) >= 11 is 0. The molecular weight excluding hydrogens is 296 g/mol. The maximum Gasteiger partial charge on any atom is 0.303 e. The van der Waals surface area contributed by atoms with E-state index in [4.69, 9.17) is 4.74 Å². The molecule has 0 bridgehead atoms. The van der Waals surface area contributed by atoms with E-state index in [-0.39, 0.29) is 12.1 Å². The summed E-state index contributed by atoms with van der Waals surface area (Å²) in [6.45, 7) is 3.31. The van der Waals surface area contributed by atoms with Gasteiger partial charge in [0, 0.05) is 6.92 Å². The molecule has 3 rings (SSSR count). The number of hydrogen-bond acceptors (Lipinski definition) is 2. The summed E-state index contributed by atoms with van der Waals surface area (Å²) in [6.07, 6.45) is -0.235. The van der Waals surface area contributed by atoms with E-state index >= 15 is 0 Å². The maximum atomic E-state index is 11.1. The van der Waals surface area contributed by atoms with Crippen LogP contribution < -0.4 is 0 Å². The standard InChI is InChI=1S/C22H20O2/c1-16(24-17(2)23)18-12-14-20(15-13-18)22-11-7-6-10-21(22)19-8-4-3-5-9-19/h3-16H,1-2H3. The number of carbonyl (C=O) groups is 1. The highest BCUT2D eigenvalue weighted by Crippen LogP contribution is 2.32. The zero-order valence-electron chi connectivity index (χ0n) is 13.9. The molecule has 0 aliphatic heterocycles. The van der Waals surface area contributed by atoms with Crippen LogP contribution in [-0.4, -0.2) is 5.97 Å². The Kier molecular flexibility index (Phi) is 4.76. The molecule has 0 fully saturated rings. The number of benzene rings is 3. The summed E-state index contributed by atoms with van der Waals surface area (Å²) in [5.41, 5.74) is 5.74. The van der Waals surface area contributed by atoms with Crippen LogP contribution >= 0.6 is 0 Å². The van der Waals surface area contributed by atoms with Crippen molar-refractivity contribution in [2.45, 2.75) is 20.0 Å². The van der Waals surface area contributed by atoms with Gasteiger partial charge in [0.2, 0.25) is 0 Å². The Morgan fingerprint density at radius 3 is 1.79 bits per heavy atom. The summed E-state index contributed by atoms with van der Waals surface area (Å²) in [4.78, 5) is 11.1. The fraction of sp³-hybridized carbons (Fsp3) is 0.136. The lowest BCUT2D eigenvalue weighted by molar-refractivity contribution is -0.145. The van der Waals surface area contributed by atoms with E-state index in [1.165, 1.54) is 23.6 Å². The van der Waals surface area contributed by atoms with Gasteiger partial charge in [-0.25, -0.2) is 0 Å². The fourth-order valence-corrected chi connectivity index (χ4v) is 2.85. The van der Waals surface area contributed by atoms with Gasteiger partial charge in [0.1, 0.15) is 6.10 Å². The molecule has 0 radical (unpaired) electrons. The number of esters is 1. The first-order valence-electron chi connectivity index (χ1n) is 8.07. The van der Waals surface area contributed by atoms with Crippen molar-refractivity contribution in [3.05, 3.63) is 84.4 Å². The highest BCUT2D eigenvalue weighted by atomic mass is 16.5. The molecule has 24 heavy (non-hydrogen) atoms. The summed E-state index contributed by atoms with van der Waals surface area (Å²) in [5.74, 6) is -0.263. The second-order valence-electron chi connectivity index (χ2n) is 5.79. The minimum absolute atomic E-state index is 0.235. The third-order valence-electron chi connectivity index (χ3n) is 4.05. The molecule has 2 nitrogen and oxygen atoms in total. The van der Waals surface area contributed by atoms with Gasteiger partial charge < -0.3 is 4.74 Å². The van der Waals surface area contributed by atoms with Crippen molar-refractivity contribution in [3.8, 4) is 22.3 Å². The van der Waals surface area contributed by atoms with E-state index in [1.54, 1.807) is 0 Å². The molecule has 0 aliphatic rings. The fourth-order valence-electron chi connectivity index (χ4n) is 2.85. The van der Waals surface area contributed by atoms with Gasteiger partial charge in [-0.2, -0.15) is 0 Å². The van der Waals surface area contributed by atoms with Gasteiger partial charge in [0.05, 0.1) is 0 Å². The van der Waals surface area contributed by atoms with Crippen LogP contribution in [0.1, 0.15) is 25.5 Å². The van der Waals surface area contributed by atoms with E-state index in [1.807, 2.05) is 25.1 Å². The molecule has 0 aliphatic carbocycles. The number of hydrogen-bond donors (Lipinski definition) is 0. The second-order valence-corrected chi connectivity index (χ2v) is 5.79. The van der Waals surface area contributed by atoms with Gasteiger partial charge in [-0.15, -0.1) is 0 Å². The third kappa shape index (κ3) is 3.54. The SMILES string of the molecule is CC(=O)OC(C)c1ccc(-c2ccccc2-c2ccccc2)cc1. The maximum absolute atomic E-state index is 11.1. The van der Waals surface area contributed by atoms with Crippen LogP contribution in [0.3, 0.4) is 0 Å². The topological polar surface area (TPSA) is 26.3 Å². The molecule has 0 saturated heterocycles. The molecule has 0 N–H and O–H groups in total. The minimum Gasteiger partial charge on any atom is -0.458 e. The lowest BCUT2D eigenvalue weighted by atomic mass is 9.94. The number of carbonyl (C=O) groups excluding carboxylic acids is 1. The normalized spacial score (nSPS) is 11.8. The average molecular weight is 316 g/mol. The Balaban J connectivity index is 1.94. The molecule has 0 aromatic heterocycles. The lowest BCUT2D eigenvalue weighted by Crippen LogP contribution is -2.04. The minimum atomic E-state index is -0.263. The van der Waals surface area contributed by atoms with Crippen molar-refractivity contribution in [2.75, 3.05) is 0 Å². The molecule has 0 spiro atoms. The Morgan fingerprint density at radius 1 is 0.750 bits per heavy atom. The van der Waals surface area contributed by atoms with Crippen LogP contribution in [0.5, 0.6) is 0 Å². The van der Waals surface area contributed by atoms with Crippen LogP contribution in [0.15, 0.2) is 78.9 Å². The smallest absolute Gasteiger partial charge is 0.303 e. The van der Waals surface area contributed by atoms with E-state index in [0.717, 1.165) is 11.1 Å². The number of ether oxygens (including phenoxy) is 1. The van der Waals surface area contributed by atoms with Gasteiger partial charge in [-0.05, 0) is 34.7 Å². The highest BCUT2D eigenvalue weighted by Gasteiger charge is 2.10. The first-order valence-corrected chi connectivity index (χ1v) is 8.07. The van der Waals surface area contributed by atoms with E-state index < -0.39 is 0 Å². The largest absolute Gasteiger partial charge is 0.458 e. The molecule has 2 heteroatoms. The first-order chi connectivity index (χ1) is 11.6. The van der Waals surface area contributed by atoms with Gasteiger partial charge in [-0.3, -0.25) is 4.79 Å². The zero-order chi connectivity index (χ0) is 16.9. The summed E-state index contributed by atoms with van der Waals surface area (Å²) in [5, 5.41) is 0. The van der Waals surface area contributed by atoms with Crippen LogP contribution in [0, 0.1) is 0 Å². The molecule has 120 valence electrons. The third-order valence-corrected chi connectivity index (χ3v) is 4.05. The summed E-state index contributed by atoms with van der Waals surface area (Å²) in [7, 11) is 0.